The molecule has 0 saturated heterocycles. The number of benzene rings is 1. The smallest absolute Gasteiger partial charge is 0.407 e. The number of ketones is 1. The number of ether oxygens (including phenoxy) is 1. The zero-order chi connectivity index (χ0) is 17.6. The van der Waals surface area contributed by atoms with E-state index in [1.165, 1.54) is 18.7 Å². The molecule has 0 fully saturated rings. The molecule has 0 unspecified atom stereocenters. The lowest BCUT2D eigenvalue weighted by Gasteiger charge is -2.23. The zero-order valence-corrected chi connectivity index (χ0v) is 14.3. The average Bonchev–Trinajstić information content (AvgIpc) is 2.41. The van der Waals surface area contributed by atoms with Crippen LogP contribution >= 0.6 is 0 Å². The van der Waals surface area contributed by atoms with Gasteiger partial charge in [0.05, 0.1) is 0 Å². The minimum Gasteiger partial charge on any atom is -0.444 e. The maximum Gasteiger partial charge on any atom is 0.407 e. The van der Waals surface area contributed by atoms with Gasteiger partial charge in [-0.25, -0.2) is 4.79 Å². The number of alkyl carbamates (subject to hydrolysis) is 1. The fourth-order valence-corrected chi connectivity index (χ4v) is 1.95. The van der Waals surface area contributed by atoms with Gasteiger partial charge in [-0.15, -0.1) is 0 Å². The normalized spacial score (nSPS) is 10.8. The Bertz CT molecular complexity index is 591. The molecule has 0 aliphatic carbocycles. The number of rotatable bonds is 5. The van der Waals surface area contributed by atoms with Gasteiger partial charge >= 0.3 is 6.09 Å². The third-order valence-electron chi connectivity index (χ3n) is 2.95. The second-order valence-electron chi connectivity index (χ2n) is 6.21. The lowest BCUT2D eigenvalue weighted by atomic mass is 10.1. The quantitative estimate of drug-likeness (QED) is 0.846. The van der Waals surface area contributed by atoms with E-state index < -0.39 is 11.7 Å². The molecule has 1 rings (SSSR count). The van der Waals surface area contributed by atoms with Crippen molar-refractivity contribution in [3.05, 3.63) is 29.8 Å². The van der Waals surface area contributed by atoms with Crippen LogP contribution in [0, 0.1) is 0 Å². The summed E-state index contributed by atoms with van der Waals surface area (Å²) < 4.78 is 5.14. The van der Waals surface area contributed by atoms with Crippen LogP contribution in [0.3, 0.4) is 0 Å². The molecule has 1 aromatic carbocycles. The van der Waals surface area contributed by atoms with E-state index in [9.17, 15) is 14.4 Å². The second-order valence-corrected chi connectivity index (χ2v) is 6.21. The van der Waals surface area contributed by atoms with Gasteiger partial charge in [-0.3, -0.25) is 9.59 Å². The van der Waals surface area contributed by atoms with E-state index in [1.54, 1.807) is 45.0 Å². The number of amides is 2. The highest BCUT2D eigenvalue weighted by Crippen LogP contribution is 2.16. The SMILES string of the molecule is CC(=O)c1cccc(N(CCNC(=O)OC(C)(C)C)C(C)=O)c1. The first kappa shape index (κ1) is 18.7. The summed E-state index contributed by atoms with van der Waals surface area (Å²) in [6, 6.07) is 6.84. The van der Waals surface area contributed by atoms with Crippen molar-refractivity contribution in [2.24, 2.45) is 0 Å². The molecule has 2 amide bonds. The Morgan fingerprint density at radius 3 is 2.35 bits per heavy atom. The van der Waals surface area contributed by atoms with E-state index in [0.29, 0.717) is 11.3 Å². The summed E-state index contributed by atoms with van der Waals surface area (Å²) in [6.45, 7) is 8.79. The van der Waals surface area contributed by atoms with Crippen LogP contribution in [0.2, 0.25) is 0 Å². The first-order valence-electron chi connectivity index (χ1n) is 7.46. The van der Waals surface area contributed by atoms with Crippen molar-refractivity contribution in [3.63, 3.8) is 0 Å². The molecule has 0 bridgehead atoms. The van der Waals surface area contributed by atoms with Crippen LogP contribution in [0.1, 0.15) is 45.0 Å². The van der Waals surface area contributed by atoms with Crippen molar-refractivity contribution < 1.29 is 19.1 Å². The lowest BCUT2D eigenvalue weighted by molar-refractivity contribution is -0.116. The second kappa shape index (κ2) is 7.76. The number of nitrogens with one attached hydrogen (secondary N) is 1. The van der Waals surface area contributed by atoms with E-state index >= 15 is 0 Å². The third-order valence-corrected chi connectivity index (χ3v) is 2.95. The molecule has 0 aliphatic rings. The van der Waals surface area contributed by atoms with Crippen molar-refractivity contribution in [1.82, 2.24) is 5.32 Å². The van der Waals surface area contributed by atoms with Crippen LogP contribution in [0.4, 0.5) is 10.5 Å². The molecule has 6 heteroatoms. The summed E-state index contributed by atoms with van der Waals surface area (Å²) in [6.07, 6.45) is -0.529. The first-order chi connectivity index (χ1) is 10.6. The van der Waals surface area contributed by atoms with Gasteiger partial charge < -0.3 is 15.0 Å². The molecular weight excluding hydrogens is 296 g/mol. The number of anilines is 1. The van der Waals surface area contributed by atoms with Gasteiger partial charge in [0.15, 0.2) is 5.78 Å². The van der Waals surface area contributed by atoms with Crippen molar-refractivity contribution >= 4 is 23.5 Å². The molecule has 0 heterocycles. The maximum atomic E-state index is 11.8. The number of carbonyl (C=O) groups is 3. The first-order valence-corrected chi connectivity index (χ1v) is 7.46. The molecule has 126 valence electrons. The number of hydrogen-bond acceptors (Lipinski definition) is 4. The summed E-state index contributed by atoms with van der Waals surface area (Å²) in [5, 5.41) is 2.61. The molecule has 0 spiro atoms. The molecule has 1 N–H and O–H groups in total. The summed E-state index contributed by atoms with van der Waals surface area (Å²) in [7, 11) is 0. The molecule has 1 aromatic rings. The Morgan fingerprint density at radius 2 is 1.83 bits per heavy atom. The van der Waals surface area contributed by atoms with Crippen molar-refractivity contribution in [3.8, 4) is 0 Å². The third kappa shape index (κ3) is 6.50. The van der Waals surface area contributed by atoms with Crippen LogP contribution < -0.4 is 10.2 Å². The molecule has 0 aliphatic heterocycles. The largest absolute Gasteiger partial charge is 0.444 e. The topological polar surface area (TPSA) is 75.7 Å². The van der Waals surface area contributed by atoms with Crippen molar-refractivity contribution in [2.75, 3.05) is 18.0 Å². The number of carbonyl (C=O) groups excluding carboxylic acids is 3. The van der Waals surface area contributed by atoms with Gasteiger partial charge in [-0.05, 0) is 39.8 Å². The van der Waals surface area contributed by atoms with Crippen LogP contribution in [0.15, 0.2) is 24.3 Å². The summed E-state index contributed by atoms with van der Waals surface area (Å²) in [5.74, 6) is -0.237. The van der Waals surface area contributed by atoms with E-state index in [1.807, 2.05) is 0 Å². The summed E-state index contributed by atoms with van der Waals surface area (Å²) in [4.78, 5) is 36.4. The Morgan fingerprint density at radius 1 is 1.17 bits per heavy atom. The number of nitrogens with zero attached hydrogens (tertiary/aromatic N) is 1. The molecule has 0 saturated carbocycles. The van der Waals surface area contributed by atoms with E-state index in [-0.39, 0.29) is 24.8 Å². The van der Waals surface area contributed by atoms with Crippen LogP contribution in [0.25, 0.3) is 0 Å². The van der Waals surface area contributed by atoms with Gasteiger partial charge in [0.25, 0.3) is 0 Å². The van der Waals surface area contributed by atoms with E-state index in [4.69, 9.17) is 4.74 Å². The fraction of sp³-hybridized carbons (Fsp3) is 0.471. The number of Topliss-reactive ketones (excluding diaryl/α,β-unsaturated/α-hetero) is 1. The predicted octanol–water partition coefficient (Wildman–Crippen LogP) is 2.77. The number of hydrogen-bond donors (Lipinski definition) is 1. The predicted molar refractivity (Wildman–Crippen MR) is 88.7 cm³/mol. The molecule has 0 radical (unpaired) electrons. The molecule has 23 heavy (non-hydrogen) atoms. The molecule has 0 atom stereocenters. The summed E-state index contributed by atoms with van der Waals surface area (Å²) in [5.41, 5.74) is 0.588. The van der Waals surface area contributed by atoms with Crippen molar-refractivity contribution in [2.45, 2.75) is 40.2 Å². The Labute approximate surface area is 136 Å². The zero-order valence-electron chi connectivity index (χ0n) is 14.3. The van der Waals surface area contributed by atoms with Gasteiger partial charge in [-0.2, -0.15) is 0 Å². The maximum absolute atomic E-state index is 11.8. The Balaban J connectivity index is 2.70. The van der Waals surface area contributed by atoms with Gasteiger partial charge in [0.2, 0.25) is 5.91 Å². The average molecular weight is 320 g/mol. The highest BCUT2D eigenvalue weighted by atomic mass is 16.6. The Kier molecular flexibility index (Phi) is 6.30. The van der Waals surface area contributed by atoms with E-state index in [0.717, 1.165) is 0 Å². The van der Waals surface area contributed by atoms with Gasteiger partial charge in [-0.1, -0.05) is 12.1 Å². The molecule has 0 aromatic heterocycles. The van der Waals surface area contributed by atoms with Crippen LogP contribution in [0.5, 0.6) is 0 Å². The minimum atomic E-state index is -0.569. The van der Waals surface area contributed by atoms with E-state index in [2.05, 4.69) is 5.32 Å². The van der Waals surface area contributed by atoms with Gasteiger partial charge in [0.1, 0.15) is 5.60 Å². The van der Waals surface area contributed by atoms with Crippen LogP contribution in [-0.2, 0) is 9.53 Å². The molecule has 6 nitrogen and oxygen atoms in total. The molecular formula is C17H24N2O4. The van der Waals surface area contributed by atoms with Crippen molar-refractivity contribution in [1.29, 1.82) is 0 Å². The lowest BCUT2D eigenvalue weighted by Crippen LogP contribution is -2.39. The van der Waals surface area contributed by atoms with Crippen LogP contribution in [-0.4, -0.2) is 36.5 Å². The fourth-order valence-electron chi connectivity index (χ4n) is 1.95. The standard InChI is InChI=1S/C17H24N2O4/c1-12(20)14-7-6-8-15(11-14)19(13(2)21)10-9-18-16(22)23-17(3,4)5/h6-8,11H,9-10H2,1-5H3,(H,18,22). The highest BCUT2D eigenvalue weighted by Gasteiger charge is 2.17. The summed E-state index contributed by atoms with van der Waals surface area (Å²) >= 11 is 0. The van der Waals surface area contributed by atoms with Gasteiger partial charge in [0, 0.05) is 31.3 Å². The monoisotopic (exact) mass is 320 g/mol. The Hall–Kier alpha value is -2.37. The highest BCUT2D eigenvalue weighted by molar-refractivity contribution is 5.97. The minimum absolute atomic E-state index is 0.0674.